The van der Waals surface area contributed by atoms with Crippen LogP contribution in [0.4, 0.5) is 10.5 Å². The molecule has 6 heteroatoms. The van der Waals surface area contributed by atoms with Gasteiger partial charge >= 0.3 is 6.03 Å². The molecule has 0 unspecified atom stereocenters. The Hall–Kier alpha value is -3.57. The van der Waals surface area contributed by atoms with Gasteiger partial charge in [0.25, 0.3) is 5.56 Å². The summed E-state index contributed by atoms with van der Waals surface area (Å²) in [5.74, 6) is 0. The first-order chi connectivity index (χ1) is 15.4. The lowest BCUT2D eigenvalue weighted by molar-refractivity contribution is 0.206. The minimum atomic E-state index is -0.331. The molecule has 0 radical (unpaired) electrons. The third kappa shape index (κ3) is 4.84. The number of rotatable bonds is 5. The van der Waals surface area contributed by atoms with E-state index < -0.39 is 0 Å². The normalized spacial score (nSPS) is 10.8. The monoisotopic (exact) mass is 445 g/mol. The van der Waals surface area contributed by atoms with Crippen LogP contribution in [0.15, 0.2) is 77.6 Å². The van der Waals surface area contributed by atoms with Gasteiger partial charge in [0, 0.05) is 12.1 Å². The van der Waals surface area contributed by atoms with Gasteiger partial charge in [-0.1, -0.05) is 71.8 Å². The van der Waals surface area contributed by atoms with Crippen molar-refractivity contribution >= 4 is 34.2 Å². The highest BCUT2D eigenvalue weighted by Gasteiger charge is 2.18. The number of H-pyrrole nitrogens is 1. The van der Waals surface area contributed by atoms with Crippen molar-refractivity contribution < 1.29 is 4.79 Å². The van der Waals surface area contributed by atoms with Gasteiger partial charge in [-0.3, -0.25) is 4.79 Å². The molecule has 0 bridgehead atoms. The average molecular weight is 446 g/mol. The van der Waals surface area contributed by atoms with E-state index in [4.69, 9.17) is 11.6 Å². The molecule has 0 aliphatic heterocycles. The van der Waals surface area contributed by atoms with Crippen molar-refractivity contribution in [1.29, 1.82) is 0 Å². The number of carbonyl (C=O) groups excluding carboxylic acids is 1. The Morgan fingerprint density at radius 1 is 0.969 bits per heavy atom. The fourth-order valence-electron chi connectivity index (χ4n) is 3.62. The molecular formula is C26H24ClN3O2. The molecule has 0 aliphatic carbocycles. The van der Waals surface area contributed by atoms with Crippen LogP contribution in [0.5, 0.6) is 0 Å². The highest BCUT2D eigenvalue weighted by molar-refractivity contribution is 6.33. The lowest BCUT2D eigenvalue weighted by atomic mass is 10.1. The molecule has 2 N–H and O–H groups in total. The molecule has 0 fully saturated rings. The number of nitrogens with one attached hydrogen (secondary N) is 2. The van der Waals surface area contributed by atoms with E-state index in [1.54, 1.807) is 23.1 Å². The number of nitrogens with zero attached hydrogens (tertiary/aromatic N) is 1. The van der Waals surface area contributed by atoms with Crippen molar-refractivity contribution in [3.05, 3.63) is 110 Å². The summed E-state index contributed by atoms with van der Waals surface area (Å²) in [6.07, 6.45) is 0. The largest absolute Gasteiger partial charge is 0.322 e. The second kappa shape index (κ2) is 9.28. The van der Waals surface area contributed by atoms with Gasteiger partial charge in [0.05, 0.1) is 22.8 Å². The van der Waals surface area contributed by atoms with E-state index in [-0.39, 0.29) is 18.1 Å². The fourth-order valence-corrected chi connectivity index (χ4v) is 3.80. The Bertz CT molecular complexity index is 1330. The number of benzene rings is 3. The number of fused-ring (bicyclic) bond motifs is 1. The molecule has 1 aromatic heterocycles. The first-order valence-corrected chi connectivity index (χ1v) is 10.8. The zero-order valence-electron chi connectivity index (χ0n) is 18.0. The number of urea groups is 1. The number of anilines is 1. The lowest BCUT2D eigenvalue weighted by Gasteiger charge is -2.24. The molecule has 0 saturated heterocycles. The Kier molecular flexibility index (Phi) is 6.28. The number of amides is 2. The molecule has 0 spiro atoms. The van der Waals surface area contributed by atoms with E-state index in [0.29, 0.717) is 22.8 Å². The number of aryl methyl sites for hydroxylation is 2. The van der Waals surface area contributed by atoms with Crippen molar-refractivity contribution in [3.8, 4) is 0 Å². The summed E-state index contributed by atoms with van der Waals surface area (Å²) in [6, 6.07) is 22.4. The van der Waals surface area contributed by atoms with E-state index in [2.05, 4.69) is 10.3 Å². The Morgan fingerprint density at radius 2 is 1.72 bits per heavy atom. The van der Waals surface area contributed by atoms with Gasteiger partial charge in [0.2, 0.25) is 0 Å². The zero-order chi connectivity index (χ0) is 22.7. The maximum atomic E-state index is 13.2. The van der Waals surface area contributed by atoms with Crippen LogP contribution >= 0.6 is 11.6 Å². The maximum Gasteiger partial charge on any atom is 0.322 e. The second-order valence-electron chi connectivity index (χ2n) is 7.91. The maximum absolute atomic E-state index is 13.2. The molecule has 32 heavy (non-hydrogen) atoms. The van der Waals surface area contributed by atoms with Gasteiger partial charge in [-0.25, -0.2) is 4.79 Å². The molecule has 0 atom stereocenters. The topological polar surface area (TPSA) is 65.2 Å². The quantitative estimate of drug-likeness (QED) is 0.393. The average Bonchev–Trinajstić information content (AvgIpc) is 2.77. The first kappa shape index (κ1) is 21.7. The van der Waals surface area contributed by atoms with Gasteiger partial charge in [0.15, 0.2) is 0 Å². The summed E-state index contributed by atoms with van der Waals surface area (Å²) in [7, 11) is 0. The number of aromatic nitrogens is 1. The third-order valence-corrected chi connectivity index (χ3v) is 5.75. The van der Waals surface area contributed by atoms with Gasteiger partial charge < -0.3 is 15.2 Å². The minimum Gasteiger partial charge on any atom is -0.321 e. The van der Waals surface area contributed by atoms with Crippen molar-refractivity contribution in [2.75, 3.05) is 5.32 Å². The summed E-state index contributed by atoms with van der Waals surface area (Å²) in [6.45, 7) is 4.48. The Morgan fingerprint density at radius 3 is 2.47 bits per heavy atom. The van der Waals surface area contributed by atoms with Crippen LogP contribution in [0.1, 0.15) is 22.3 Å². The smallest absolute Gasteiger partial charge is 0.321 e. The second-order valence-corrected chi connectivity index (χ2v) is 8.32. The Labute approximate surface area is 191 Å². The van der Waals surface area contributed by atoms with Gasteiger partial charge in [-0.15, -0.1) is 0 Å². The molecule has 4 rings (SSSR count). The number of pyridine rings is 1. The van der Waals surface area contributed by atoms with Gasteiger partial charge in [0.1, 0.15) is 0 Å². The molecular weight excluding hydrogens is 422 g/mol. The fraction of sp³-hybridized carbons (Fsp3) is 0.154. The molecule has 4 aromatic rings. The van der Waals surface area contributed by atoms with E-state index in [0.717, 1.165) is 27.6 Å². The molecule has 3 aromatic carbocycles. The molecule has 0 saturated carbocycles. The van der Waals surface area contributed by atoms with Crippen LogP contribution in [0.2, 0.25) is 5.02 Å². The predicted molar refractivity (Wildman–Crippen MR) is 130 cm³/mol. The zero-order valence-corrected chi connectivity index (χ0v) is 18.7. The summed E-state index contributed by atoms with van der Waals surface area (Å²) in [5.41, 5.74) is 4.76. The minimum absolute atomic E-state index is 0.156. The molecule has 5 nitrogen and oxygen atoms in total. The van der Waals surface area contributed by atoms with Crippen LogP contribution in [-0.2, 0) is 13.1 Å². The van der Waals surface area contributed by atoms with Crippen molar-refractivity contribution in [2.45, 2.75) is 26.9 Å². The van der Waals surface area contributed by atoms with Crippen molar-refractivity contribution in [1.82, 2.24) is 9.88 Å². The van der Waals surface area contributed by atoms with Crippen molar-refractivity contribution in [3.63, 3.8) is 0 Å². The highest BCUT2D eigenvalue weighted by atomic mass is 35.5. The number of aromatic amines is 1. The molecule has 2 amide bonds. The number of hydrogen-bond donors (Lipinski definition) is 2. The number of carbonyl (C=O) groups is 1. The van der Waals surface area contributed by atoms with Crippen LogP contribution in [0.25, 0.3) is 10.9 Å². The Balaban J connectivity index is 1.67. The standard InChI is InChI=1S/C26H24ClN3O2/c1-17-10-12-19(13-11-17)15-30(26(32)28-23-9-4-3-8-22(23)27)16-21-14-20-7-5-6-18(2)24(20)29-25(21)31/h3-14H,15-16H2,1-2H3,(H,28,32)(H,29,31). The van der Waals surface area contributed by atoms with Crippen LogP contribution in [0, 0.1) is 13.8 Å². The predicted octanol–water partition coefficient (Wildman–Crippen LogP) is 6.03. The summed E-state index contributed by atoms with van der Waals surface area (Å²) in [5, 5.41) is 4.26. The molecule has 162 valence electrons. The molecule has 0 aliphatic rings. The summed E-state index contributed by atoms with van der Waals surface area (Å²) >= 11 is 6.23. The SMILES string of the molecule is Cc1ccc(CN(Cc2cc3cccc(C)c3[nH]c2=O)C(=O)Nc2ccccc2Cl)cc1. The van der Waals surface area contributed by atoms with Crippen LogP contribution in [0.3, 0.4) is 0 Å². The van der Waals surface area contributed by atoms with Crippen molar-refractivity contribution in [2.24, 2.45) is 0 Å². The van der Waals surface area contributed by atoms with Gasteiger partial charge in [-0.2, -0.15) is 0 Å². The third-order valence-electron chi connectivity index (χ3n) is 5.42. The van der Waals surface area contributed by atoms with Gasteiger partial charge in [-0.05, 0) is 48.6 Å². The van der Waals surface area contributed by atoms with E-state index in [9.17, 15) is 9.59 Å². The lowest BCUT2D eigenvalue weighted by Crippen LogP contribution is -2.35. The van der Waals surface area contributed by atoms with Crippen LogP contribution < -0.4 is 10.9 Å². The molecule has 1 heterocycles. The summed E-state index contributed by atoms with van der Waals surface area (Å²) < 4.78 is 0. The van der Waals surface area contributed by atoms with E-state index in [1.165, 1.54) is 0 Å². The number of hydrogen-bond acceptors (Lipinski definition) is 2. The highest BCUT2D eigenvalue weighted by Crippen LogP contribution is 2.22. The van der Waals surface area contributed by atoms with Crippen LogP contribution in [-0.4, -0.2) is 15.9 Å². The number of para-hydroxylation sites is 2. The van der Waals surface area contributed by atoms with E-state index in [1.807, 2.05) is 68.4 Å². The first-order valence-electron chi connectivity index (χ1n) is 10.4. The summed E-state index contributed by atoms with van der Waals surface area (Å²) in [4.78, 5) is 30.6. The number of halogens is 1. The van der Waals surface area contributed by atoms with E-state index >= 15 is 0 Å².